The highest BCUT2D eigenvalue weighted by molar-refractivity contribution is 6.33. The van der Waals surface area contributed by atoms with Crippen LogP contribution in [0, 0.1) is 0 Å². The third-order valence-electron chi connectivity index (χ3n) is 6.50. The van der Waals surface area contributed by atoms with Crippen molar-refractivity contribution >= 4 is 35.6 Å². The van der Waals surface area contributed by atoms with Crippen LogP contribution in [0.2, 0.25) is 5.02 Å². The summed E-state index contributed by atoms with van der Waals surface area (Å²) < 4.78 is 21.2. The second-order valence-electron chi connectivity index (χ2n) is 8.69. The molecule has 2 saturated heterocycles. The van der Waals surface area contributed by atoms with Gasteiger partial charge in [0.05, 0.1) is 19.2 Å². The van der Waals surface area contributed by atoms with Crippen LogP contribution in [0.15, 0.2) is 48.5 Å². The molecule has 0 aromatic heterocycles. The molecule has 9 nitrogen and oxygen atoms in total. The van der Waals surface area contributed by atoms with Crippen molar-refractivity contribution in [3.63, 3.8) is 0 Å². The number of likely N-dealkylation sites (tertiary alicyclic amines) is 1. The lowest BCUT2D eigenvalue weighted by Gasteiger charge is -2.36. The average molecular weight is 529 g/mol. The Labute approximate surface area is 220 Å². The summed E-state index contributed by atoms with van der Waals surface area (Å²) in [6.45, 7) is 0.953. The van der Waals surface area contributed by atoms with Crippen molar-refractivity contribution in [3.8, 4) is 11.5 Å². The van der Waals surface area contributed by atoms with E-state index in [9.17, 15) is 14.4 Å². The normalized spacial score (nSPS) is 18.1. The quantitative estimate of drug-likeness (QED) is 0.378. The summed E-state index contributed by atoms with van der Waals surface area (Å²) >= 11 is 6.40. The van der Waals surface area contributed by atoms with Gasteiger partial charge in [-0.3, -0.25) is 9.69 Å². The Morgan fingerprint density at radius 3 is 2.49 bits per heavy atom. The molecule has 1 atom stereocenters. The molecule has 2 aromatic carbocycles. The van der Waals surface area contributed by atoms with E-state index in [0.29, 0.717) is 48.0 Å². The lowest BCUT2D eigenvalue weighted by atomic mass is 10.0. The summed E-state index contributed by atoms with van der Waals surface area (Å²) in [7, 11) is 3.02. The molecule has 2 amide bonds. The number of hydrogen-bond acceptors (Lipinski definition) is 7. The lowest BCUT2D eigenvalue weighted by molar-refractivity contribution is -0.150. The van der Waals surface area contributed by atoms with Crippen LogP contribution in [0.25, 0.3) is 6.08 Å². The number of methoxy groups -OCH3 is 2. The number of esters is 1. The van der Waals surface area contributed by atoms with Gasteiger partial charge >= 0.3 is 12.1 Å². The van der Waals surface area contributed by atoms with Gasteiger partial charge < -0.3 is 23.8 Å². The summed E-state index contributed by atoms with van der Waals surface area (Å²) in [5, 5.41) is 0.349. The van der Waals surface area contributed by atoms with Crippen molar-refractivity contribution in [2.45, 2.75) is 31.5 Å². The zero-order valence-corrected chi connectivity index (χ0v) is 21.5. The van der Waals surface area contributed by atoms with E-state index < -0.39 is 18.1 Å². The Hall–Kier alpha value is -3.72. The van der Waals surface area contributed by atoms with Gasteiger partial charge in [-0.15, -0.1) is 0 Å². The molecular weight excluding hydrogens is 500 g/mol. The Morgan fingerprint density at radius 2 is 1.81 bits per heavy atom. The minimum absolute atomic E-state index is 0.0412. The van der Waals surface area contributed by atoms with E-state index in [2.05, 4.69) is 0 Å². The van der Waals surface area contributed by atoms with Gasteiger partial charge in [0, 0.05) is 25.2 Å². The van der Waals surface area contributed by atoms with Crippen LogP contribution < -0.4 is 9.47 Å². The van der Waals surface area contributed by atoms with Crippen molar-refractivity contribution in [2.24, 2.45) is 0 Å². The molecule has 2 aliphatic heterocycles. The number of nitrogens with zero attached hydrogens (tertiary/aromatic N) is 2. The summed E-state index contributed by atoms with van der Waals surface area (Å²) in [5.41, 5.74) is 1.49. The standard InChI is InChI=1S/C27H29ClN2O7/c1-34-22-10-8-19(24(28)25(22)35-2)9-11-23(31)29-14-12-20(13-15-29)30-21(17-37-27(30)33)26(32)36-16-18-6-4-3-5-7-18/h3-11,20-21H,12-17H2,1-2H3/b11-9+/t21-/m0/s1. The molecule has 2 aromatic rings. The van der Waals surface area contributed by atoms with Crippen LogP contribution in [-0.2, 0) is 25.7 Å². The molecule has 4 rings (SSSR count). The predicted molar refractivity (Wildman–Crippen MR) is 136 cm³/mol. The lowest BCUT2D eigenvalue weighted by Crippen LogP contribution is -2.51. The van der Waals surface area contributed by atoms with E-state index in [1.807, 2.05) is 30.3 Å². The van der Waals surface area contributed by atoms with Gasteiger partial charge in [0.1, 0.15) is 13.2 Å². The van der Waals surface area contributed by atoms with E-state index in [-0.39, 0.29) is 25.2 Å². The fourth-order valence-corrected chi connectivity index (χ4v) is 4.80. The Morgan fingerprint density at radius 1 is 1.08 bits per heavy atom. The van der Waals surface area contributed by atoms with Crippen molar-refractivity contribution in [1.82, 2.24) is 9.80 Å². The van der Waals surface area contributed by atoms with Crippen LogP contribution in [0.3, 0.4) is 0 Å². The largest absolute Gasteiger partial charge is 0.493 e. The van der Waals surface area contributed by atoms with Crippen molar-refractivity contribution in [3.05, 3.63) is 64.7 Å². The monoisotopic (exact) mass is 528 g/mol. The second-order valence-corrected chi connectivity index (χ2v) is 9.07. The molecule has 0 radical (unpaired) electrons. The van der Waals surface area contributed by atoms with Crippen LogP contribution in [0.4, 0.5) is 4.79 Å². The van der Waals surface area contributed by atoms with Gasteiger partial charge in [0.25, 0.3) is 0 Å². The molecule has 2 heterocycles. The summed E-state index contributed by atoms with van der Waals surface area (Å²) in [6.07, 6.45) is 3.61. The third-order valence-corrected chi connectivity index (χ3v) is 6.89. The van der Waals surface area contributed by atoms with Crippen molar-refractivity contribution in [2.75, 3.05) is 33.9 Å². The van der Waals surface area contributed by atoms with E-state index in [0.717, 1.165) is 5.56 Å². The maximum Gasteiger partial charge on any atom is 0.410 e. The Kier molecular flexibility index (Phi) is 8.55. The molecule has 0 unspecified atom stereocenters. The van der Waals surface area contributed by atoms with Crippen molar-refractivity contribution in [1.29, 1.82) is 0 Å². The first-order valence-corrected chi connectivity index (χ1v) is 12.3. The van der Waals surface area contributed by atoms with Crippen LogP contribution in [0.5, 0.6) is 11.5 Å². The first-order chi connectivity index (χ1) is 17.9. The molecule has 0 aliphatic carbocycles. The molecule has 10 heteroatoms. The SMILES string of the molecule is COc1ccc(/C=C/C(=O)N2CCC(N3C(=O)OC[C@H]3C(=O)OCc3ccccc3)CC2)c(Cl)c1OC. The van der Waals surface area contributed by atoms with Gasteiger partial charge in [-0.1, -0.05) is 41.9 Å². The van der Waals surface area contributed by atoms with Gasteiger partial charge in [-0.25, -0.2) is 9.59 Å². The summed E-state index contributed by atoms with van der Waals surface area (Å²) in [4.78, 5) is 41.1. The number of rotatable bonds is 8. The number of hydrogen-bond donors (Lipinski definition) is 0. The number of carbonyl (C=O) groups is 3. The Bertz CT molecular complexity index is 1160. The summed E-state index contributed by atoms with van der Waals surface area (Å²) in [5.74, 6) is 0.227. The Balaban J connectivity index is 1.33. The maximum atomic E-state index is 12.8. The van der Waals surface area contributed by atoms with E-state index in [1.54, 1.807) is 23.1 Å². The van der Waals surface area contributed by atoms with Crippen LogP contribution in [-0.4, -0.2) is 73.8 Å². The maximum absolute atomic E-state index is 12.8. The highest BCUT2D eigenvalue weighted by atomic mass is 35.5. The zero-order chi connectivity index (χ0) is 26.4. The number of cyclic esters (lactones) is 1. The number of halogens is 1. The van der Waals surface area contributed by atoms with Gasteiger partial charge in [0.15, 0.2) is 17.5 Å². The number of piperidine rings is 1. The molecule has 0 spiro atoms. The van der Waals surface area contributed by atoms with Gasteiger partial charge in [-0.05, 0) is 42.2 Å². The van der Waals surface area contributed by atoms with Gasteiger partial charge in [-0.2, -0.15) is 0 Å². The molecular formula is C27H29ClN2O7. The minimum atomic E-state index is -0.796. The molecule has 2 aliphatic rings. The highest BCUT2D eigenvalue weighted by Crippen LogP contribution is 2.37. The topological polar surface area (TPSA) is 94.6 Å². The molecule has 0 bridgehead atoms. The predicted octanol–water partition coefficient (Wildman–Crippen LogP) is 3.93. The second kappa shape index (κ2) is 12.0. The van der Waals surface area contributed by atoms with Gasteiger partial charge in [0.2, 0.25) is 5.91 Å². The third kappa shape index (κ3) is 5.99. The van der Waals surface area contributed by atoms with E-state index in [4.69, 9.17) is 30.5 Å². The molecule has 0 saturated carbocycles. The summed E-state index contributed by atoms with van der Waals surface area (Å²) in [6, 6.07) is 11.8. The fourth-order valence-electron chi connectivity index (χ4n) is 4.51. The van der Waals surface area contributed by atoms with E-state index in [1.165, 1.54) is 25.2 Å². The highest BCUT2D eigenvalue weighted by Gasteiger charge is 2.44. The number of amides is 2. The average Bonchev–Trinajstić information content (AvgIpc) is 3.32. The number of ether oxygens (including phenoxy) is 4. The van der Waals surface area contributed by atoms with Crippen molar-refractivity contribution < 1.29 is 33.3 Å². The molecule has 2 fully saturated rings. The smallest absolute Gasteiger partial charge is 0.410 e. The van der Waals surface area contributed by atoms with Crippen LogP contribution >= 0.6 is 11.6 Å². The number of carbonyl (C=O) groups excluding carboxylic acids is 3. The number of benzene rings is 2. The molecule has 0 N–H and O–H groups in total. The minimum Gasteiger partial charge on any atom is -0.493 e. The van der Waals surface area contributed by atoms with E-state index >= 15 is 0 Å². The van der Waals surface area contributed by atoms with Crippen LogP contribution in [0.1, 0.15) is 24.0 Å². The fraction of sp³-hybridized carbons (Fsp3) is 0.370. The first kappa shape index (κ1) is 26.3. The molecule has 37 heavy (non-hydrogen) atoms. The first-order valence-electron chi connectivity index (χ1n) is 12.0. The molecule has 196 valence electrons. The zero-order valence-electron chi connectivity index (χ0n) is 20.7.